The van der Waals surface area contributed by atoms with Crippen molar-refractivity contribution in [3.63, 3.8) is 0 Å². The molecule has 0 aromatic rings. The topological polar surface area (TPSA) is 253 Å². The van der Waals surface area contributed by atoms with Crippen molar-refractivity contribution >= 4 is 63.4 Å². The normalized spacial score (nSPS) is 5.59. The molecule has 0 spiro atoms. The van der Waals surface area contributed by atoms with Gasteiger partial charge in [-0.3, -0.25) is 0 Å². The van der Waals surface area contributed by atoms with Gasteiger partial charge < -0.3 is 60.3 Å². The van der Waals surface area contributed by atoms with E-state index in [1.165, 1.54) is 0 Å². The average Bonchev–Trinajstić information content (AvgIpc) is 1.94. The van der Waals surface area contributed by atoms with E-state index in [1.54, 1.807) is 0 Å². The number of rotatable bonds is 0. The molecule has 0 unspecified atom stereocenters. The maximum Gasteiger partial charge on any atom is 3.00 e. The molecule has 0 aliphatic rings. The first-order chi connectivity index (χ1) is 8.66. The second kappa shape index (κ2) is 37.2. The van der Waals surface area contributed by atoms with Crippen LogP contribution in [0.1, 0.15) is 20.8 Å². The summed E-state index contributed by atoms with van der Waals surface area (Å²) in [6.45, 7) is 2.92. The molecule has 0 fully saturated rings. The predicted octanol–water partition coefficient (Wildman–Crippen LogP) is -4.59. The average molecular weight is 529 g/mol. The molecule has 0 saturated carbocycles. The molecule has 0 amide bonds. The van der Waals surface area contributed by atoms with Crippen LogP contribution < -0.4 is 15.3 Å². The number of carbonyl (C=O) groups excluding carboxylic acids is 3. The van der Waals surface area contributed by atoms with E-state index in [9.17, 15) is 0 Å². The summed E-state index contributed by atoms with van der Waals surface area (Å²) in [5.74, 6) is -3.25. The molecule has 0 heterocycles. The van der Waals surface area contributed by atoms with Crippen LogP contribution in [0.25, 0.3) is 0 Å². The van der Waals surface area contributed by atoms with E-state index in [2.05, 4.69) is 0 Å². The van der Waals surface area contributed by atoms with Crippen molar-refractivity contribution in [3.8, 4) is 0 Å². The Bertz CT molecular complexity index is 222. The van der Waals surface area contributed by atoms with Crippen molar-refractivity contribution < 1.29 is 81.6 Å². The molecule has 0 saturated heterocycles. The van der Waals surface area contributed by atoms with Gasteiger partial charge in [0, 0.05) is 17.9 Å². The van der Waals surface area contributed by atoms with Crippen LogP contribution in [-0.4, -0.2) is 73.6 Å². The standard InChI is InChI=1S/3C2H4O2.Ce.2NO3.Sr/c3*1-2(3)4;;2*2-1(3)4;/h3*1H3,(H,3,4);;;;/q;;;+3;2*-1;+2/p-3. The second-order valence-corrected chi connectivity index (χ2v) is 1.92. The molecule has 0 aliphatic heterocycles. The third-order valence-electron chi connectivity index (χ3n) is 0. The van der Waals surface area contributed by atoms with E-state index in [4.69, 9.17) is 60.3 Å². The van der Waals surface area contributed by atoms with Gasteiger partial charge in [0.2, 0.25) is 0 Å². The molecule has 121 valence electrons. The summed E-state index contributed by atoms with van der Waals surface area (Å²) in [7, 11) is 0. The van der Waals surface area contributed by atoms with E-state index in [0.29, 0.717) is 0 Å². The fraction of sp³-hybridized carbons (Fsp3) is 0.500. The zero-order valence-electron chi connectivity index (χ0n) is 11.5. The zero-order valence-corrected chi connectivity index (χ0v) is 18.1. The van der Waals surface area contributed by atoms with Gasteiger partial charge in [0.1, 0.15) is 0 Å². The number of carbonyl (C=O) groups is 3. The summed E-state index contributed by atoms with van der Waals surface area (Å²) in [5, 5.41) is 56.2. The summed E-state index contributed by atoms with van der Waals surface area (Å²) in [6, 6.07) is 0. The minimum absolute atomic E-state index is 0. The predicted molar refractivity (Wildman–Crippen MR) is 58.5 cm³/mol. The fourth-order valence-corrected chi connectivity index (χ4v) is 0. The summed E-state index contributed by atoms with van der Waals surface area (Å²) < 4.78 is 0. The number of hydrogen-bond donors (Lipinski definition) is 0. The molecule has 0 rings (SSSR count). The summed E-state index contributed by atoms with van der Waals surface area (Å²) >= 11 is 0. The van der Waals surface area contributed by atoms with E-state index in [-0.39, 0.29) is 87.2 Å². The van der Waals surface area contributed by atoms with Crippen LogP contribution in [0, 0.1) is 72.4 Å². The molecule has 22 heavy (non-hydrogen) atoms. The van der Waals surface area contributed by atoms with Crippen molar-refractivity contribution in [1.29, 1.82) is 0 Å². The van der Waals surface area contributed by atoms with E-state index < -0.39 is 28.1 Å². The molecule has 0 aliphatic carbocycles. The minimum Gasteiger partial charge on any atom is -0.550 e. The largest absolute Gasteiger partial charge is 3.00 e. The van der Waals surface area contributed by atoms with Gasteiger partial charge in [0.05, 0.1) is 10.2 Å². The molecule has 14 nitrogen and oxygen atoms in total. The van der Waals surface area contributed by atoms with Gasteiger partial charge >= 0.3 is 87.2 Å². The van der Waals surface area contributed by atoms with Crippen molar-refractivity contribution in [3.05, 3.63) is 30.6 Å². The second-order valence-electron chi connectivity index (χ2n) is 1.92. The molecule has 1 radical (unpaired) electrons. The zero-order chi connectivity index (χ0) is 17.9. The van der Waals surface area contributed by atoms with Gasteiger partial charge in [-0.1, -0.05) is 0 Å². The first-order valence-corrected chi connectivity index (χ1v) is 3.82. The van der Waals surface area contributed by atoms with Crippen molar-refractivity contribution in [1.82, 2.24) is 0 Å². The van der Waals surface area contributed by atoms with Gasteiger partial charge in [-0.2, -0.15) is 0 Å². The quantitative estimate of drug-likeness (QED) is 0.163. The Balaban J connectivity index is -0.0000000250. The van der Waals surface area contributed by atoms with Gasteiger partial charge in [-0.25, -0.2) is 0 Å². The van der Waals surface area contributed by atoms with Gasteiger partial charge in [-0.05, 0) is 20.8 Å². The Morgan fingerprint density at radius 2 is 0.636 bits per heavy atom. The van der Waals surface area contributed by atoms with Crippen LogP contribution in [0.4, 0.5) is 0 Å². The van der Waals surface area contributed by atoms with Crippen molar-refractivity contribution in [2.75, 3.05) is 0 Å². The fourth-order valence-electron chi connectivity index (χ4n) is 0. The SMILES string of the molecule is CC(=O)[O-].CC(=O)[O-].CC(=O)[O-].O=[N+]([O-])[O-].O=[N+]([O-])[O-].[Ce+3].[Sr+2]. The van der Waals surface area contributed by atoms with Crippen LogP contribution in [0.3, 0.4) is 0 Å². The Hall–Kier alpha value is -0.333. The van der Waals surface area contributed by atoms with Crippen molar-refractivity contribution in [2.24, 2.45) is 0 Å². The monoisotopic (exact) mass is 529 g/mol. The van der Waals surface area contributed by atoms with Crippen LogP contribution >= 0.6 is 0 Å². The smallest absolute Gasteiger partial charge is 0.550 e. The van der Waals surface area contributed by atoms with Crippen molar-refractivity contribution in [2.45, 2.75) is 20.8 Å². The number of hydrogen-bond acceptors (Lipinski definition) is 12. The summed E-state index contributed by atoms with van der Waals surface area (Å²) in [6.07, 6.45) is 0. The van der Waals surface area contributed by atoms with E-state index in [0.717, 1.165) is 20.8 Å². The first-order valence-electron chi connectivity index (χ1n) is 3.82. The Morgan fingerprint density at radius 3 is 0.636 bits per heavy atom. The molecule has 0 bridgehead atoms. The molecule has 0 atom stereocenters. The molecular formula is C6H9CeN2O12Sr. The minimum atomic E-state index is -1.75. The third kappa shape index (κ3) is 61900. The first kappa shape index (κ1) is 43.0. The van der Waals surface area contributed by atoms with Gasteiger partial charge in [-0.15, -0.1) is 0 Å². The number of carboxylic acids is 3. The number of aliphatic carboxylic acids is 3. The summed E-state index contributed by atoms with van der Waals surface area (Å²) in [5.41, 5.74) is 0. The van der Waals surface area contributed by atoms with Crippen LogP contribution in [-0.2, 0) is 14.4 Å². The maximum atomic E-state index is 8.89. The Labute approximate surface area is 194 Å². The number of carboxylic acid groups (broad SMARTS) is 3. The maximum absolute atomic E-state index is 8.89. The number of nitrogens with zero attached hydrogens (tertiary/aromatic N) is 2. The Kier molecular flexibility index (Phi) is 72.7. The Morgan fingerprint density at radius 1 is 0.636 bits per heavy atom. The van der Waals surface area contributed by atoms with Crippen LogP contribution in [0.15, 0.2) is 0 Å². The molecule has 16 heteroatoms. The molecule has 0 N–H and O–H groups in total. The molecule has 0 aromatic heterocycles. The molecule has 0 aromatic carbocycles. The van der Waals surface area contributed by atoms with Crippen LogP contribution in [0.5, 0.6) is 0 Å². The van der Waals surface area contributed by atoms with Gasteiger partial charge in [0.15, 0.2) is 0 Å². The molecular weight excluding hydrogens is 520 g/mol. The van der Waals surface area contributed by atoms with E-state index in [1.807, 2.05) is 0 Å². The van der Waals surface area contributed by atoms with Crippen LogP contribution in [0.2, 0.25) is 0 Å². The van der Waals surface area contributed by atoms with Gasteiger partial charge in [0.25, 0.3) is 0 Å². The third-order valence-corrected chi connectivity index (χ3v) is 0. The van der Waals surface area contributed by atoms with E-state index >= 15 is 0 Å². The summed E-state index contributed by atoms with van der Waals surface area (Å²) in [4.78, 5) is 43.2.